The second-order valence-electron chi connectivity index (χ2n) is 5.67. The number of benzene rings is 1. The standard InChI is InChI=1S/C17H24N2OS/c1-11(2)17-19-14(10-21-17)9-20-16-7-6-12(3)8-15(16)13(4)18-5/h6-8,10-11,13,18H,9H2,1-5H3. The van der Waals surface area contributed by atoms with Gasteiger partial charge in [-0.1, -0.05) is 31.5 Å². The molecule has 0 saturated heterocycles. The number of rotatable bonds is 6. The van der Waals surface area contributed by atoms with E-state index in [4.69, 9.17) is 4.74 Å². The predicted molar refractivity (Wildman–Crippen MR) is 89.2 cm³/mol. The normalized spacial score (nSPS) is 12.7. The summed E-state index contributed by atoms with van der Waals surface area (Å²) in [5, 5.41) is 6.53. The molecule has 1 aromatic carbocycles. The molecule has 0 radical (unpaired) electrons. The summed E-state index contributed by atoms with van der Waals surface area (Å²) >= 11 is 1.71. The van der Waals surface area contributed by atoms with E-state index in [0.717, 1.165) is 11.4 Å². The van der Waals surface area contributed by atoms with Crippen molar-refractivity contribution in [2.75, 3.05) is 7.05 Å². The zero-order valence-electron chi connectivity index (χ0n) is 13.4. The van der Waals surface area contributed by atoms with Crippen LogP contribution in [0.5, 0.6) is 5.75 Å². The van der Waals surface area contributed by atoms with Gasteiger partial charge in [0.1, 0.15) is 12.4 Å². The van der Waals surface area contributed by atoms with Crippen molar-refractivity contribution in [2.24, 2.45) is 0 Å². The summed E-state index contributed by atoms with van der Waals surface area (Å²) in [4.78, 5) is 4.61. The van der Waals surface area contributed by atoms with E-state index in [9.17, 15) is 0 Å². The summed E-state index contributed by atoms with van der Waals surface area (Å²) in [5.41, 5.74) is 3.44. The van der Waals surface area contributed by atoms with Crippen molar-refractivity contribution in [3.8, 4) is 5.75 Å². The molecule has 114 valence electrons. The average molecular weight is 304 g/mol. The fourth-order valence-corrected chi connectivity index (χ4v) is 2.92. The average Bonchev–Trinajstić information content (AvgIpc) is 2.94. The van der Waals surface area contributed by atoms with Crippen LogP contribution < -0.4 is 10.1 Å². The van der Waals surface area contributed by atoms with Crippen LogP contribution in [-0.4, -0.2) is 12.0 Å². The van der Waals surface area contributed by atoms with Crippen LogP contribution in [0.1, 0.15) is 54.6 Å². The van der Waals surface area contributed by atoms with Gasteiger partial charge in [0.25, 0.3) is 0 Å². The lowest BCUT2D eigenvalue weighted by Gasteiger charge is -2.17. The first-order chi connectivity index (χ1) is 10.0. The van der Waals surface area contributed by atoms with Gasteiger partial charge in [0.05, 0.1) is 10.7 Å². The van der Waals surface area contributed by atoms with E-state index in [1.807, 2.05) is 13.1 Å². The highest BCUT2D eigenvalue weighted by molar-refractivity contribution is 7.09. The first kappa shape index (κ1) is 16.0. The van der Waals surface area contributed by atoms with E-state index in [1.54, 1.807) is 11.3 Å². The minimum atomic E-state index is 0.265. The molecule has 4 heteroatoms. The van der Waals surface area contributed by atoms with E-state index in [-0.39, 0.29) is 6.04 Å². The Morgan fingerprint density at radius 2 is 2.05 bits per heavy atom. The molecule has 1 N–H and O–H groups in total. The predicted octanol–water partition coefficient (Wildman–Crippen LogP) is 4.43. The molecule has 1 atom stereocenters. The van der Waals surface area contributed by atoms with Gasteiger partial charge >= 0.3 is 0 Å². The van der Waals surface area contributed by atoms with E-state index in [2.05, 4.69) is 55.5 Å². The summed E-state index contributed by atoms with van der Waals surface area (Å²) < 4.78 is 6.00. The van der Waals surface area contributed by atoms with E-state index < -0.39 is 0 Å². The maximum Gasteiger partial charge on any atom is 0.131 e. The number of nitrogens with one attached hydrogen (secondary N) is 1. The fourth-order valence-electron chi connectivity index (χ4n) is 2.10. The van der Waals surface area contributed by atoms with Crippen molar-refractivity contribution in [3.63, 3.8) is 0 Å². The Morgan fingerprint density at radius 3 is 2.67 bits per heavy atom. The highest BCUT2D eigenvalue weighted by Gasteiger charge is 2.12. The summed E-state index contributed by atoms with van der Waals surface area (Å²) in [6.45, 7) is 9.09. The summed E-state index contributed by atoms with van der Waals surface area (Å²) in [5.74, 6) is 1.41. The molecule has 0 aliphatic carbocycles. The van der Waals surface area contributed by atoms with Crippen LogP contribution in [0.15, 0.2) is 23.6 Å². The maximum atomic E-state index is 6.00. The first-order valence-corrected chi connectivity index (χ1v) is 8.24. The third kappa shape index (κ3) is 4.05. The Hall–Kier alpha value is -1.39. The van der Waals surface area contributed by atoms with Crippen LogP contribution >= 0.6 is 11.3 Å². The second-order valence-corrected chi connectivity index (χ2v) is 6.56. The van der Waals surface area contributed by atoms with Crippen molar-refractivity contribution in [3.05, 3.63) is 45.4 Å². The van der Waals surface area contributed by atoms with Crippen molar-refractivity contribution in [2.45, 2.75) is 46.3 Å². The molecule has 0 fully saturated rings. The molecule has 0 spiro atoms. The maximum absolute atomic E-state index is 6.00. The zero-order chi connectivity index (χ0) is 15.4. The molecule has 21 heavy (non-hydrogen) atoms. The minimum Gasteiger partial charge on any atom is -0.487 e. The summed E-state index contributed by atoms with van der Waals surface area (Å²) in [6.07, 6.45) is 0. The molecule has 0 aliphatic heterocycles. The lowest BCUT2D eigenvalue weighted by atomic mass is 10.0. The molecular formula is C17H24N2OS. The van der Waals surface area contributed by atoms with Crippen LogP contribution in [0.25, 0.3) is 0 Å². The number of aryl methyl sites for hydroxylation is 1. The molecule has 1 unspecified atom stereocenters. The number of nitrogens with zero attached hydrogens (tertiary/aromatic N) is 1. The van der Waals surface area contributed by atoms with Gasteiger partial charge in [-0.05, 0) is 27.0 Å². The number of hydrogen-bond donors (Lipinski definition) is 1. The van der Waals surface area contributed by atoms with Gasteiger partial charge < -0.3 is 10.1 Å². The van der Waals surface area contributed by atoms with Crippen LogP contribution in [0, 0.1) is 6.92 Å². The Labute approximate surface area is 131 Å². The van der Waals surface area contributed by atoms with Crippen LogP contribution in [0.4, 0.5) is 0 Å². The smallest absolute Gasteiger partial charge is 0.131 e. The van der Waals surface area contributed by atoms with E-state index >= 15 is 0 Å². The highest BCUT2D eigenvalue weighted by atomic mass is 32.1. The molecule has 1 aromatic heterocycles. The van der Waals surface area contributed by atoms with Gasteiger partial charge in [0.15, 0.2) is 0 Å². The van der Waals surface area contributed by atoms with Crippen LogP contribution in [-0.2, 0) is 6.61 Å². The highest BCUT2D eigenvalue weighted by Crippen LogP contribution is 2.27. The van der Waals surface area contributed by atoms with Crippen molar-refractivity contribution >= 4 is 11.3 Å². The zero-order valence-corrected chi connectivity index (χ0v) is 14.3. The topological polar surface area (TPSA) is 34.1 Å². The van der Waals surface area contributed by atoms with Gasteiger partial charge in [-0.2, -0.15) is 0 Å². The fraction of sp³-hybridized carbons (Fsp3) is 0.471. The molecule has 1 heterocycles. The molecule has 0 amide bonds. The molecule has 3 nitrogen and oxygen atoms in total. The van der Waals surface area contributed by atoms with Gasteiger partial charge in [-0.3, -0.25) is 0 Å². The minimum absolute atomic E-state index is 0.265. The second kappa shape index (κ2) is 7.05. The first-order valence-electron chi connectivity index (χ1n) is 7.36. The number of aromatic nitrogens is 1. The number of thiazole rings is 1. The van der Waals surface area contributed by atoms with Gasteiger partial charge in [0, 0.05) is 22.9 Å². The quantitative estimate of drug-likeness (QED) is 0.857. The summed E-state index contributed by atoms with van der Waals surface area (Å²) in [7, 11) is 1.96. The Morgan fingerprint density at radius 1 is 1.29 bits per heavy atom. The van der Waals surface area contributed by atoms with E-state index in [0.29, 0.717) is 12.5 Å². The Kier molecular flexibility index (Phi) is 5.37. The van der Waals surface area contributed by atoms with Crippen molar-refractivity contribution in [1.82, 2.24) is 10.3 Å². The SMILES string of the molecule is CNC(C)c1cc(C)ccc1OCc1csc(C(C)C)n1. The molecule has 0 saturated carbocycles. The van der Waals surface area contributed by atoms with Gasteiger partial charge in [0.2, 0.25) is 0 Å². The third-order valence-electron chi connectivity index (χ3n) is 3.50. The largest absolute Gasteiger partial charge is 0.487 e. The van der Waals surface area contributed by atoms with Crippen molar-refractivity contribution < 1.29 is 4.74 Å². The summed E-state index contributed by atoms with van der Waals surface area (Å²) in [6, 6.07) is 6.58. The van der Waals surface area contributed by atoms with Gasteiger partial charge in [-0.25, -0.2) is 4.98 Å². The monoisotopic (exact) mass is 304 g/mol. The number of hydrogen-bond acceptors (Lipinski definition) is 4. The third-order valence-corrected chi connectivity index (χ3v) is 4.70. The lowest BCUT2D eigenvalue weighted by molar-refractivity contribution is 0.296. The Bertz CT molecular complexity index is 592. The molecule has 2 aromatic rings. The van der Waals surface area contributed by atoms with Crippen LogP contribution in [0.3, 0.4) is 0 Å². The lowest BCUT2D eigenvalue weighted by Crippen LogP contribution is -2.14. The molecule has 0 aliphatic rings. The van der Waals surface area contributed by atoms with Crippen molar-refractivity contribution in [1.29, 1.82) is 0 Å². The molecular weight excluding hydrogens is 280 g/mol. The van der Waals surface area contributed by atoms with Gasteiger partial charge in [-0.15, -0.1) is 11.3 Å². The number of ether oxygens (including phenoxy) is 1. The molecule has 2 rings (SSSR count). The Balaban J connectivity index is 2.11. The van der Waals surface area contributed by atoms with Crippen LogP contribution in [0.2, 0.25) is 0 Å². The van der Waals surface area contributed by atoms with E-state index in [1.165, 1.54) is 16.1 Å². The molecule has 0 bridgehead atoms.